The van der Waals surface area contributed by atoms with Gasteiger partial charge >= 0.3 is 0 Å². The van der Waals surface area contributed by atoms with Crippen molar-refractivity contribution in [2.75, 3.05) is 33.4 Å². The topological polar surface area (TPSA) is 24.5 Å². The van der Waals surface area contributed by atoms with Crippen molar-refractivity contribution in [3.63, 3.8) is 0 Å². The van der Waals surface area contributed by atoms with Crippen molar-refractivity contribution in [2.45, 2.75) is 57.5 Å². The van der Waals surface area contributed by atoms with Gasteiger partial charge in [0.05, 0.1) is 6.61 Å². The lowest BCUT2D eigenvalue weighted by molar-refractivity contribution is 0.0930. The Kier molecular flexibility index (Phi) is 5.93. The molecule has 18 heavy (non-hydrogen) atoms. The fourth-order valence-corrected chi connectivity index (χ4v) is 2.59. The van der Waals surface area contributed by atoms with E-state index in [1.54, 1.807) is 0 Å². The molecule has 0 heterocycles. The zero-order chi connectivity index (χ0) is 12.8. The van der Waals surface area contributed by atoms with Gasteiger partial charge in [0.25, 0.3) is 0 Å². The van der Waals surface area contributed by atoms with Crippen molar-refractivity contribution in [3.8, 4) is 0 Å². The average Bonchev–Trinajstić information content (AvgIpc) is 3.05. The lowest BCUT2D eigenvalue weighted by atomic mass is 10.2. The van der Waals surface area contributed by atoms with Crippen molar-refractivity contribution < 1.29 is 4.74 Å². The van der Waals surface area contributed by atoms with Crippen LogP contribution in [0, 0.1) is 5.92 Å². The smallest absolute Gasteiger partial charge is 0.0593 e. The Morgan fingerprint density at radius 3 is 2.61 bits per heavy atom. The summed E-state index contributed by atoms with van der Waals surface area (Å²) < 4.78 is 5.69. The number of nitrogens with zero attached hydrogens (tertiary/aromatic N) is 1. The third kappa shape index (κ3) is 5.25. The highest BCUT2D eigenvalue weighted by Gasteiger charge is 2.21. The summed E-state index contributed by atoms with van der Waals surface area (Å²) in [6.45, 7) is 6.36. The van der Waals surface area contributed by atoms with Gasteiger partial charge in [-0.1, -0.05) is 12.8 Å². The molecule has 106 valence electrons. The first-order valence-electron chi connectivity index (χ1n) is 7.77. The minimum Gasteiger partial charge on any atom is -0.380 e. The van der Waals surface area contributed by atoms with E-state index in [0.29, 0.717) is 6.04 Å². The van der Waals surface area contributed by atoms with E-state index in [0.717, 1.165) is 38.3 Å². The molecular weight excluding hydrogens is 224 g/mol. The van der Waals surface area contributed by atoms with Crippen molar-refractivity contribution in [1.29, 1.82) is 0 Å². The van der Waals surface area contributed by atoms with Crippen LogP contribution in [0.15, 0.2) is 0 Å². The third-order valence-corrected chi connectivity index (χ3v) is 4.45. The van der Waals surface area contributed by atoms with Crippen molar-refractivity contribution >= 4 is 0 Å². The molecule has 0 amide bonds. The van der Waals surface area contributed by atoms with Gasteiger partial charge in [-0.05, 0) is 45.6 Å². The van der Waals surface area contributed by atoms with E-state index in [1.807, 2.05) is 0 Å². The number of hydrogen-bond donors (Lipinski definition) is 1. The van der Waals surface area contributed by atoms with Crippen LogP contribution in [0.5, 0.6) is 0 Å². The summed E-state index contributed by atoms with van der Waals surface area (Å²) in [5.41, 5.74) is 0. The normalized spacial score (nSPS) is 22.8. The molecule has 0 aromatic carbocycles. The van der Waals surface area contributed by atoms with Gasteiger partial charge in [-0.3, -0.25) is 0 Å². The first kappa shape index (κ1) is 14.3. The predicted molar refractivity (Wildman–Crippen MR) is 75.9 cm³/mol. The molecule has 3 nitrogen and oxygen atoms in total. The fourth-order valence-electron chi connectivity index (χ4n) is 2.59. The summed E-state index contributed by atoms with van der Waals surface area (Å²) in [4.78, 5) is 2.41. The summed E-state index contributed by atoms with van der Waals surface area (Å²) in [6, 6.07) is 1.39. The Balaban J connectivity index is 1.48. The maximum Gasteiger partial charge on any atom is 0.0593 e. The largest absolute Gasteiger partial charge is 0.380 e. The van der Waals surface area contributed by atoms with Gasteiger partial charge in [-0.15, -0.1) is 0 Å². The van der Waals surface area contributed by atoms with Gasteiger partial charge in [0.2, 0.25) is 0 Å². The second-order valence-electron chi connectivity index (χ2n) is 6.24. The van der Waals surface area contributed by atoms with Crippen LogP contribution in [0.25, 0.3) is 0 Å². The number of likely N-dealkylation sites (N-methyl/N-ethyl adjacent to an activating group) is 1. The lowest BCUT2D eigenvalue weighted by Crippen LogP contribution is -2.42. The van der Waals surface area contributed by atoms with Crippen molar-refractivity contribution in [2.24, 2.45) is 5.92 Å². The van der Waals surface area contributed by atoms with Gasteiger partial charge in [-0.25, -0.2) is 0 Å². The van der Waals surface area contributed by atoms with E-state index >= 15 is 0 Å². The molecule has 1 N–H and O–H groups in total. The summed E-state index contributed by atoms with van der Waals surface area (Å²) >= 11 is 0. The van der Waals surface area contributed by atoms with Crippen LogP contribution < -0.4 is 5.32 Å². The molecule has 3 heteroatoms. The first-order chi connectivity index (χ1) is 8.75. The molecule has 1 atom stereocenters. The summed E-state index contributed by atoms with van der Waals surface area (Å²) in [6.07, 6.45) is 8.35. The second kappa shape index (κ2) is 7.46. The molecule has 2 rings (SSSR count). The van der Waals surface area contributed by atoms with Gasteiger partial charge in [0.1, 0.15) is 0 Å². The van der Waals surface area contributed by atoms with E-state index in [2.05, 4.69) is 24.2 Å². The van der Waals surface area contributed by atoms with E-state index in [4.69, 9.17) is 4.74 Å². The Morgan fingerprint density at radius 1 is 1.22 bits per heavy atom. The molecule has 0 spiro atoms. The van der Waals surface area contributed by atoms with Crippen LogP contribution in [-0.4, -0.2) is 50.3 Å². The zero-order valence-electron chi connectivity index (χ0n) is 12.2. The van der Waals surface area contributed by atoms with Crippen LogP contribution in [0.2, 0.25) is 0 Å². The first-order valence-corrected chi connectivity index (χ1v) is 7.77. The lowest BCUT2D eigenvalue weighted by Gasteiger charge is -2.26. The molecular formula is C15H30N2O. The SMILES string of the molecule is CC(CNC1CCCC1)N(C)CCOCC1CC1. The summed E-state index contributed by atoms with van der Waals surface area (Å²) in [5.74, 6) is 0.886. The van der Waals surface area contributed by atoms with Crippen LogP contribution in [-0.2, 0) is 4.74 Å². The fraction of sp³-hybridized carbons (Fsp3) is 1.00. The molecule has 2 saturated carbocycles. The molecule has 1 unspecified atom stereocenters. The van der Waals surface area contributed by atoms with E-state index in [-0.39, 0.29) is 0 Å². The monoisotopic (exact) mass is 254 g/mol. The molecule has 0 aliphatic heterocycles. The minimum absolute atomic E-state index is 0.607. The van der Waals surface area contributed by atoms with Crippen molar-refractivity contribution in [1.82, 2.24) is 10.2 Å². The van der Waals surface area contributed by atoms with Crippen LogP contribution in [0.4, 0.5) is 0 Å². The zero-order valence-corrected chi connectivity index (χ0v) is 12.2. The predicted octanol–water partition coefficient (Wildman–Crippen LogP) is 2.27. The molecule has 2 aliphatic rings. The third-order valence-electron chi connectivity index (χ3n) is 4.45. The van der Waals surface area contributed by atoms with E-state index < -0.39 is 0 Å². The number of rotatable bonds is 9. The Labute approximate surface area is 112 Å². The molecule has 0 radical (unpaired) electrons. The van der Waals surface area contributed by atoms with Gasteiger partial charge in [-0.2, -0.15) is 0 Å². The van der Waals surface area contributed by atoms with E-state index in [1.165, 1.54) is 38.5 Å². The summed E-state index contributed by atoms with van der Waals surface area (Å²) in [5, 5.41) is 3.70. The maximum atomic E-state index is 5.69. The highest BCUT2D eigenvalue weighted by atomic mass is 16.5. The average molecular weight is 254 g/mol. The molecule has 2 fully saturated rings. The number of hydrogen-bond acceptors (Lipinski definition) is 3. The molecule has 0 aromatic heterocycles. The maximum absolute atomic E-state index is 5.69. The second-order valence-corrected chi connectivity index (χ2v) is 6.24. The molecule has 0 bridgehead atoms. The number of nitrogens with one attached hydrogen (secondary N) is 1. The Bertz CT molecular complexity index is 225. The summed E-state index contributed by atoms with van der Waals surface area (Å²) in [7, 11) is 2.21. The van der Waals surface area contributed by atoms with Crippen molar-refractivity contribution in [3.05, 3.63) is 0 Å². The standard InChI is InChI=1S/C15H30N2O/c1-13(11-16-15-5-3-4-6-15)17(2)9-10-18-12-14-7-8-14/h13-16H,3-12H2,1-2H3. The van der Waals surface area contributed by atoms with E-state index in [9.17, 15) is 0 Å². The van der Waals surface area contributed by atoms with Gasteiger partial charge in [0.15, 0.2) is 0 Å². The molecule has 2 aliphatic carbocycles. The number of ether oxygens (including phenoxy) is 1. The van der Waals surface area contributed by atoms with Crippen LogP contribution >= 0.6 is 0 Å². The van der Waals surface area contributed by atoms with Crippen LogP contribution in [0.1, 0.15) is 45.4 Å². The Morgan fingerprint density at radius 2 is 1.94 bits per heavy atom. The highest BCUT2D eigenvalue weighted by Crippen LogP contribution is 2.28. The minimum atomic E-state index is 0.607. The molecule has 0 aromatic rings. The quantitative estimate of drug-likeness (QED) is 0.639. The highest BCUT2D eigenvalue weighted by molar-refractivity contribution is 4.76. The van der Waals surface area contributed by atoms with Crippen LogP contribution in [0.3, 0.4) is 0 Å². The van der Waals surface area contributed by atoms with Gasteiger partial charge in [0, 0.05) is 31.8 Å². The molecule has 0 saturated heterocycles. The van der Waals surface area contributed by atoms with Gasteiger partial charge < -0.3 is 15.0 Å². The Hall–Kier alpha value is -0.120.